The summed E-state index contributed by atoms with van der Waals surface area (Å²) in [5.74, 6) is -2.66. The molecule has 0 saturated heterocycles. The molecule has 1 atom stereocenters. The minimum absolute atomic E-state index is 0.232. The predicted molar refractivity (Wildman–Crippen MR) is 66.1 cm³/mol. The van der Waals surface area contributed by atoms with Gasteiger partial charge in [0.1, 0.15) is 6.04 Å². The molecule has 1 aromatic rings. The van der Waals surface area contributed by atoms with Gasteiger partial charge in [-0.15, -0.1) is 0 Å². The Bertz CT molecular complexity index is 457. The second kappa shape index (κ2) is 7.15. The first kappa shape index (κ1) is 14.7. The predicted octanol–water partition coefficient (Wildman–Crippen LogP) is 0.0599. The standard InChI is InChI=1S/C13H15NO5/c1-18-12(16)10(14-11(15)13(17)19-2)8-9-6-4-3-5-7-9/h3-7,10H,8H2,1-2H3,(H,14,15). The van der Waals surface area contributed by atoms with Crippen molar-refractivity contribution in [2.45, 2.75) is 12.5 Å². The number of hydrogen-bond donors (Lipinski definition) is 1. The first-order chi connectivity index (χ1) is 9.08. The number of amides is 1. The number of carbonyl (C=O) groups excluding carboxylic acids is 3. The van der Waals surface area contributed by atoms with Crippen molar-refractivity contribution in [2.24, 2.45) is 0 Å². The zero-order valence-electron chi connectivity index (χ0n) is 10.7. The third-order valence-corrected chi connectivity index (χ3v) is 2.44. The van der Waals surface area contributed by atoms with Crippen molar-refractivity contribution in [3.8, 4) is 0 Å². The highest BCUT2D eigenvalue weighted by Gasteiger charge is 2.25. The Morgan fingerprint density at radius 1 is 1.11 bits per heavy atom. The molecule has 0 aliphatic rings. The van der Waals surface area contributed by atoms with Gasteiger partial charge in [0.15, 0.2) is 0 Å². The van der Waals surface area contributed by atoms with Crippen molar-refractivity contribution >= 4 is 17.8 Å². The highest BCUT2D eigenvalue weighted by Crippen LogP contribution is 2.04. The summed E-state index contributed by atoms with van der Waals surface area (Å²) in [6.07, 6.45) is 0.232. The van der Waals surface area contributed by atoms with E-state index >= 15 is 0 Å². The summed E-state index contributed by atoms with van der Waals surface area (Å²) in [6, 6.07) is 8.14. The zero-order valence-corrected chi connectivity index (χ0v) is 10.7. The molecule has 19 heavy (non-hydrogen) atoms. The molecular formula is C13H15NO5. The number of rotatable bonds is 4. The third kappa shape index (κ3) is 4.42. The van der Waals surface area contributed by atoms with Gasteiger partial charge in [-0.25, -0.2) is 9.59 Å². The summed E-state index contributed by atoms with van der Waals surface area (Å²) >= 11 is 0. The Morgan fingerprint density at radius 2 is 1.74 bits per heavy atom. The van der Waals surface area contributed by atoms with Crippen LogP contribution in [-0.4, -0.2) is 38.1 Å². The van der Waals surface area contributed by atoms with Gasteiger partial charge in [-0.2, -0.15) is 0 Å². The van der Waals surface area contributed by atoms with Gasteiger partial charge in [0, 0.05) is 6.42 Å². The fraction of sp³-hybridized carbons (Fsp3) is 0.308. The number of esters is 2. The molecular weight excluding hydrogens is 250 g/mol. The van der Waals surface area contributed by atoms with Crippen LogP contribution in [0.25, 0.3) is 0 Å². The molecule has 1 aromatic carbocycles. The Hall–Kier alpha value is -2.37. The number of methoxy groups -OCH3 is 2. The summed E-state index contributed by atoms with van der Waals surface area (Å²) in [5, 5.41) is 2.28. The van der Waals surface area contributed by atoms with Crippen molar-refractivity contribution in [3.63, 3.8) is 0 Å². The van der Waals surface area contributed by atoms with Crippen LogP contribution in [0.3, 0.4) is 0 Å². The lowest BCUT2D eigenvalue weighted by molar-refractivity contribution is -0.154. The second-order valence-corrected chi connectivity index (χ2v) is 3.73. The van der Waals surface area contributed by atoms with Gasteiger partial charge in [0.2, 0.25) is 0 Å². The van der Waals surface area contributed by atoms with Crippen molar-refractivity contribution in [2.75, 3.05) is 14.2 Å². The van der Waals surface area contributed by atoms with Crippen LogP contribution in [-0.2, 0) is 30.3 Å². The fourth-order valence-electron chi connectivity index (χ4n) is 1.50. The van der Waals surface area contributed by atoms with E-state index in [4.69, 9.17) is 0 Å². The van der Waals surface area contributed by atoms with Crippen LogP contribution < -0.4 is 5.32 Å². The van der Waals surface area contributed by atoms with Crippen LogP contribution in [0.1, 0.15) is 5.56 Å². The van der Waals surface area contributed by atoms with Crippen molar-refractivity contribution in [1.82, 2.24) is 5.32 Å². The Morgan fingerprint density at radius 3 is 2.26 bits per heavy atom. The maximum atomic E-state index is 11.6. The van der Waals surface area contributed by atoms with E-state index in [0.29, 0.717) is 0 Å². The highest BCUT2D eigenvalue weighted by atomic mass is 16.5. The quantitative estimate of drug-likeness (QED) is 0.615. The van der Waals surface area contributed by atoms with E-state index in [-0.39, 0.29) is 6.42 Å². The van der Waals surface area contributed by atoms with Crippen LogP contribution >= 0.6 is 0 Å². The minimum Gasteiger partial charge on any atom is -0.467 e. The monoisotopic (exact) mass is 265 g/mol. The van der Waals surface area contributed by atoms with Gasteiger partial charge in [-0.3, -0.25) is 4.79 Å². The molecule has 0 bridgehead atoms. The number of benzene rings is 1. The molecule has 0 aliphatic heterocycles. The third-order valence-electron chi connectivity index (χ3n) is 2.44. The van der Waals surface area contributed by atoms with E-state index in [1.54, 1.807) is 12.1 Å². The van der Waals surface area contributed by atoms with Gasteiger partial charge in [-0.1, -0.05) is 30.3 Å². The van der Waals surface area contributed by atoms with Gasteiger partial charge >= 0.3 is 17.8 Å². The Balaban J connectivity index is 2.76. The summed E-state index contributed by atoms with van der Waals surface area (Å²) < 4.78 is 8.87. The normalized spacial score (nSPS) is 11.3. The maximum Gasteiger partial charge on any atom is 0.396 e. The number of ether oxygens (including phenoxy) is 2. The van der Waals surface area contributed by atoms with E-state index in [2.05, 4.69) is 14.8 Å². The number of carbonyl (C=O) groups is 3. The molecule has 1 rings (SSSR count). The molecule has 0 saturated carbocycles. The summed E-state index contributed by atoms with van der Waals surface area (Å²) in [5.41, 5.74) is 0.836. The van der Waals surface area contributed by atoms with Gasteiger partial charge < -0.3 is 14.8 Å². The summed E-state index contributed by atoms with van der Waals surface area (Å²) in [4.78, 5) is 34.0. The molecule has 1 unspecified atom stereocenters. The molecule has 0 aliphatic carbocycles. The van der Waals surface area contributed by atoms with Gasteiger partial charge in [-0.05, 0) is 5.56 Å². The van der Waals surface area contributed by atoms with Gasteiger partial charge in [0.25, 0.3) is 0 Å². The fourth-order valence-corrected chi connectivity index (χ4v) is 1.50. The first-order valence-corrected chi connectivity index (χ1v) is 5.59. The van der Waals surface area contributed by atoms with Crippen LogP contribution in [0.15, 0.2) is 30.3 Å². The van der Waals surface area contributed by atoms with E-state index in [1.807, 2.05) is 18.2 Å². The lowest BCUT2D eigenvalue weighted by Gasteiger charge is -2.15. The molecule has 0 radical (unpaired) electrons. The number of nitrogens with one attached hydrogen (secondary N) is 1. The summed E-state index contributed by atoms with van der Waals surface area (Å²) in [7, 11) is 2.30. The maximum absolute atomic E-state index is 11.6. The summed E-state index contributed by atoms with van der Waals surface area (Å²) in [6.45, 7) is 0. The van der Waals surface area contributed by atoms with Crippen LogP contribution in [0.5, 0.6) is 0 Å². The van der Waals surface area contributed by atoms with Gasteiger partial charge in [0.05, 0.1) is 14.2 Å². The SMILES string of the molecule is COC(=O)C(=O)NC(Cc1ccccc1)C(=O)OC. The van der Waals surface area contributed by atoms with Crippen LogP contribution in [0, 0.1) is 0 Å². The average molecular weight is 265 g/mol. The zero-order chi connectivity index (χ0) is 14.3. The molecule has 6 heteroatoms. The second-order valence-electron chi connectivity index (χ2n) is 3.73. The topological polar surface area (TPSA) is 81.7 Å². The van der Waals surface area contributed by atoms with Crippen LogP contribution in [0.2, 0.25) is 0 Å². The Labute approximate surface area is 110 Å². The molecule has 6 nitrogen and oxygen atoms in total. The first-order valence-electron chi connectivity index (χ1n) is 5.59. The van der Waals surface area contributed by atoms with E-state index in [0.717, 1.165) is 12.7 Å². The number of hydrogen-bond acceptors (Lipinski definition) is 5. The smallest absolute Gasteiger partial charge is 0.396 e. The molecule has 102 valence electrons. The lowest BCUT2D eigenvalue weighted by atomic mass is 10.1. The largest absolute Gasteiger partial charge is 0.467 e. The van der Waals surface area contributed by atoms with Crippen molar-refractivity contribution in [1.29, 1.82) is 0 Å². The molecule has 1 N–H and O–H groups in total. The molecule has 0 fully saturated rings. The average Bonchev–Trinajstić information content (AvgIpc) is 2.45. The van der Waals surface area contributed by atoms with Crippen molar-refractivity contribution < 1.29 is 23.9 Å². The van der Waals surface area contributed by atoms with E-state index < -0.39 is 23.9 Å². The van der Waals surface area contributed by atoms with Crippen molar-refractivity contribution in [3.05, 3.63) is 35.9 Å². The van der Waals surface area contributed by atoms with Crippen LogP contribution in [0.4, 0.5) is 0 Å². The minimum atomic E-state index is -1.05. The molecule has 1 amide bonds. The Kier molecular flexibility index (Phi) is 5.53. The highest BCUT2D eigenvalue weighted by molar-refractivity contribution is 6.32. The molecule has 0 spiro atoms. The molecule has 0 aromatic heterocycles. The lowest BCUT2D eigenvalue weighted by Crippen LogP contribution is -2.46. The van der Waals surface area contributed by atoms with E-state index in [9.17, 15) is 14.4 Å². The van der Waals surface area contributed by atoms with E-state index in [1.165, 1.54) is 7.11 Å². The molecule has 0 heterocycles.